The average molecular weight is 555 g/mol. The topological polar surface area (TPSA) is 51.8 Å². The van der Waals surface area contributed by atoms with E-state index in [1.165, 1.54) is 0 Å². The van der Waals surface area contributed by atoms with Gasteiger partial charge in [-0.25, -0.2) is 15.0 Å². The zero-order valence-corrected chi connectivity index (χ0v) is 22.6. The van der Waals surface area contributed by atoms with E-state index in [9.17, 15) is 0 Å². The summed E-state index contributed by atoms with van der Waals surface area (Å²) in [5, 5.41) is 8.17. The fraction of sp³-hybridized carbons (Fsp3) is 0. The van der Waals surface area contributed by atoms with Crippen LogP contribution in [0.3, 0.4) is 0 Å². The zero-order valence-electron chi connectivity index (χ0n) is 27.6. The normalized spacial score (nSPS) is 13.3. The van der Waals surface area contributed by atoms with Gasteiger partial charge in [-0.05, 0) is 44.5 Å². The van der Waals surface area contributed by atoms with Crippen molar-refractivity contribution in [3.8, 4) is 34.2 Å². The van der Waals surface area contributed by atoms with Crippen molar-refractivity contribution in [2.75, 3.05) is 0 Å². The Hall–Kier alpha value is -5.87. The van der Waals surface area contributed by atoms with Gasteiger partial charge in [-0.15, -0.1) is 0 Å². The standard InChI is InChI=1S/C39H23N3O/c1-2-11-25(12-3-1)37-40-38(42-39(41-37)33-17-9-19-35-36(33)32-14-6-7-18-34(32)43-35)31-16-8-15-27-29-21-20-24-10-4-5-13-26(24)28(29)22-23-30(27)31/h1-23H/i1D,2D,3D,11D,12D. The summed E-state index contributed by atoms with van der Waals surface area (Å²) >= 11 is 0. The SMILES string of the molecule is [2H]c1c([2H])c([2H])c(-c2nc(-c3cccc4c3ccc3c5ccccc5ccc43)nc(-c3cccc4oc5ccccc5c34)n2)c([2H])c1[2H]. The molecule has 9 aromatic rings. The van der Waals surface area contributed by atoms with Gasteiger partial charge in [-0.3, -0.25) is 0 Å². The van der Waals surface area contributed by atoms with E-state index in [2.05, 4.69) is 42.5 Å². The van der Waals surface area contributed by atoms with Crippen LogP contribution in [0.5, 0.6) is 0 Å². The van der Waals surface area contributed by atoms with Gasteiger partial charge in [-0.1, -0.05) is 127 Å². The first-order chi connectivity index (χ1) is 23.4. The summed E-state index contributed by atoms with van der Waals surface area (Å²) in [5.74, 6) is 0.598. The van der Waals surface area contributed by atoms with Crippen LogP contribution in [-0.2, 0) is 0 Å². The largest absolute Gasteiger partial charge is 0.456 e. The third-order valence-electron chi connectivity index (χ3n) is 8.03. The third-order valence-corrected chi connectivity index (χ3v) is 8.03. The average Bonchev–Trinajstić information content (AvgIpc) is 3.51. The molecule has 0 amide bonds. The summed E-state index contributed by atoms with van der Waals surface area (Å²) in [4.78, 5) is 14.7. The summed E-state index contributed by atoms with van der Waals surface area (Å²) < 4.78 is 48.5. The summed E-state index contributed by atoms with van der Waals surface area (Å²) in [7, 11) is 0. The number of fused-ring (bicyclic) bond motifs is 8. The molecular formula is C39H23N3O. The van der Waals surface area contributed by atoms with Gasteiger partial charge in [0, 0.05) is 27.5 Å². The Morgan fingerprint density at radius 2 is 1.05 bits per heavy atom. The lowest BCUT2D eigenvalue weighted by molar-refractivity contribution is 0.669. The van der Waals surface area contributed by atoms with Crippen LogP contribution >= 0.6 is 0 Å². The minimum absolute atomic E-state index is 0.0133. The lowest BCUT2D eigenvalue weighted by atomic mass is 9.95. The van der Waals surface area contributed by atoms with Crippen molar-refractivity contribution in [2.45, 2.75) is 0 Å². The molecule has 0 aliphatic rings. The molecule has 0 unspecified atom stereocenters. The number of nitrogens with zero attached hydrogens (tertiary/aromatic N) is 3. The summed E-state index contributed by atoms with van der Waals surface area (Å²) in [6, 6.07) is 33.9. The number of para-hydroxylation sites is 1. The number of rotatable bonds is 3. The van der Waals surface area contributed by atoms with Crippen LogP contribution in [0.25, 0.3) is 88.4 Å². The van der Waals surface area contributed by atoms with E-state index in [0.29, 0.717) is 28.4 Å². The molecule has 0 spiro atoms. The minimum Gasteiger partial charge on any atom is -0.456 e. The van der Waals surface area contributed by atoms with E-state index >= 15 is 0 Å². The number of benzene rings is 7. The Labute approximate surface area is 253 Å². The van der Waals surface area contributed by atoms with Crippen molar-refractivity contribution in [2.24, 2.45) is 0 Å². The Balaban J connectivity index is 1.37. The Morgan fingerprint density at radius 3 is 1.95 bits per heavy atom. The first kappa shape index (κ1) is 19.3. The Bertz CT molecular complexity index is 2780. The van der Waals surface area contributed by atoms with E-state index in [0.717, 1.165) is 48.7 Å². The lowest BCUT2D eigenvalue weighted by Crippen LogP contribution is -2.00. The molecule has 0 bridgehead atoms. The Morgan fingerprint density at radius 1 is 0.442 bits per heavy atom. The first-order valence-corrected chi connectivity index (χ1v) is 14.0. The predicted molar refractivity (Wildman–Crippen MR) is 176 cm³/mol. The number of hydrogen-bond donors (Lipinski definition) is 0. The van der Waals surface area contributed by atoms with Gasteiger partial charge >= 0.3 is 0 Å². The number of furan rings is 1. The van der Waals surface area contributed by atoms with Crippen molar-refractivity contribution >= 4 is 54.3 Å². The van der Waals surface area contributed by atoms with Gasteiger partial charge in [0.15, 0.2) is 17.5 Å². The second kappa shape index (κ2) is 9.33. The molecule has 4 nitrogen and oxygen atoms in total. The molecule has 2 heterocycles. The van der Waals surface area contributed by atoms with E-state index in [1.54, 1.807) is 0 Å². The highest BCUT2D eigenvalue weighted by Gasteiger charge is 2.19. The van der Waals surface area contributed by atoms with Gasteiger partial charge in [0.05, 0.1) is 6.85 Å². The molecule has 7 aromatic carbocycles. The third kappa shape index (κ3) is 3.74. The molecule has 200 valence electrons. The van der Waals surface area contributed by atoms with E-state index < -0.39 is 18.1 Å². The Kier molecular flexibility index (Phi) is 4.18. The molecule has 0 saturated carbocycles. The summed E-state index contributed by atoms with van der Waals surface area (Å²) in [6.07, 6.45) is 0. The molecule has 0 fully saturated rings. The van der Waals surface area contributed by atoms with Crippen molar-refractivity contribution < 1.29 is 11.3 Å². The highest BCUT2D eigenvalue weighted by Crippen LogP contribution is 2.38. The smallest absolute Gasteiger partial charge is 0.164 e. The molecule has 0 atom stereocenters. The summed E-state index contributed by atoms with van der Waals surface area (Å²) in [5.41, 5.74) is 2.68. The van der Waals surface area contributed by atoms with Crippen molar-refractivity contribution in [1.29, 1.82) is 0 Å². The van der Waals surface area contributed by atoms with Crippen molar-refractivity contribution in [3.05, 3.63) is 139 Å². The minimum atomic E-state index is -0.480. The molecule has 2 aromatic heterocycles. The first-order valence-electron chi connectivity index (χ1n) is 16.5. The van der Waals surface area contributed by atoms with Gasteiger partial charge in [-0.2, -0.15) is 0 Å². The van der Waals surface area contributed by atoms with E-state index in [4.69, 9.17) is 26.2 Å². The highest BCUT2D eigenvalue weighted by atomic mass is 16.3. The van der Waals surface area contributed by atoms with Crippen LogP contribution < -0.4 is 0 Å². The quantitative estimate of drug-likeness (QED) is 0.204. The van der Waals surface area contributed by atoms with E-state index in [1.807, 2.05) is 66.7 Å². The second-order valence-corrected chi connectivity index (χ2v) is 10.4. The summed E-state index contributed by atoms with van der Waals surface area (Å²) in [6.45, 7) is 0. The van der Waals surface area contributed by atoms with Gasteiger partial charge in [0.25, 0.3) is 0 Å². The van der Waals surface area contributed by atoms with E-state index in [-0.39, 0.29) is 23.5 Å². The van der Waals surface area contributed by atoms with Gasteiger partial charge in [0.2, 0.25) is 0 Å². The van der Waals surface area contributed by atoms with Crippen LogP contribution in [0.15, 0.2) is 144 Å². The van der Waals surface area contributed by atoms with Crippen LogP contribution in [-0.4, -0.2) is 15.0 Å². The molecule has 43 heavy (non-hydrogen) atoms. The molecular weight excluding hydrogens is 526 g/mol. The maximum atomic E-state index is 8.74. The van der Waals surface area contributed by atoms with Crippen LogP contribution in [0.4, 0.5) is 0 Å². The van der Waals surface area contributed by atoms with Gasteiger partial charge in [0.1, 0.15) is 11.2 Å². The fourth-order valence-electron chi connectivity index (χ4n) is 6.10. The molecule has 0 N–H and O–H groups in total. The predicted octanol–water partition coefficient (Wildman–Crippen LogP) is 10.2. The molecule has 0 aliphatic heterocycles. The van der Waals surface area contributed by atoms with Crippen LogP contribution in [0, 0.1) is 0 Å². The van der Waals surface area contributed by atoms with Crippen LogP contribution in [0.1, 0.15) is 6.85 Å². The fourth-order valence-corrected chi connectivity index (χ4v) is 6.10. The monoisotopic (exact) mass is 554 g/mol. The molecule has 0 aliphatic carbocycles. The maximum Gasteiger partial charge on any atom is 0.164 e. The van der Waals surface area contributed by atoms with Crippen molar-refractivity contribution in [1.82, 2.24) is 15.0 Å². The number of aromatic nitrogens is 3. The highest BCUT2D eigenvalue weighted by molar-refractivity contribution is 6.19. The molecule has 0 saturated heterocycles. The van der Waals surface area contributed by atoms with Crippen molar-refractivity contribution in [3.63, 3.8) is 0 Å². The molecule has 0 radical (unpaired) electrons. The van der Waals surface area contributed by atoms with Crippen LogP contribution in [0.2, 0.25) is 0 Å². The zero-order chi connectivity index (χ0) is 32.7. The maximum absolute atomic E-state index is 8.74. The number of hydrogen-bond acceptors (Lipinski definition) is 4. The second-order valence-electron chi connectivity index (χ2n) is 10.4. The van der Waals surface area contributed by atoms with Gasteiger partial charge < -0.3 is 4.42 Å². The lowest BCUT2D eigenvalue weighted by Gasteiger charge is -2.12. The molecule has 9 rings (SSSR count). The molecule has 4 heteroatoms.